The molecule has 0 atom stereocenters. The summed E-state index contributed by atoms with van der Waals surface area (Å²) in [6.07, 6.45) is 2.65. The minimum atomic E-state index is -3.76. The lowest BCUT2D eigenvalue weighted by molar-refractivity contribution is -0.136. The molecule has 3 rings (SSSR count). The van der Waals surface area contributed by atoms with Crippen LogP contribution in [0.3, 0.4) is 0 Å². The molecular weight excluding hydrogens is 451 g/mol. The molecule has 1 aliphatic rings. The number of thiophene rings is 1. The number of amides is 1. The van der Waals surface area contributed by atoms with E-state index in [1.54, 1.807) is 28.4 Å². The zero-order valence-corrected chi connectivity index (χ0v) is 18.9. The molecule has 0 saturated carbocycles. The van der Waals surface area contributed by atoms with Gasteiger partial charge in [0.2, 0.25) is 15.9 Å². The minimum Gasteiger partial charge on any atom is -0.334 e. The summed E-state index contributed by atoms with van der Waals surface area (Å²) in [6.45, 7) is 5.29. The Hall–Kier alpha value is -1.38. The van der Waals surface area contributed by atoms with Gasteiger partial charge < -0.3 is 4.90 Å². The van der Waals surface area contributed by atoms with E-state index in [9.17, 15) is 13.2 Å². The molecule has 0 spiro atoms. The largest absolute Gasteiger partial charge is 0.334 e. The molecule has 1 aromatic heterocycles. The van der Waals surface area contributed by atoms with Crippen molar-refractivity contribution in [1.29, 1.82) is 0 Å². The Balaban J connectivity index is 1.68. The van der Waals surface area contributed by atoms with Crippen LogP contribution in [-0.2, 0) is 21.4 Å². The molecule has 0 bridgehead atoms. The van der Waals surface area contributed by atoms with Crippen LogP contribution >= 0.6 is 34.5 Å². The molecule has 9 heteroatoms. The predicted octanol–water partition coefficient (Wildman–Crippen LogP) is 4.67. The molecular formula is C20H22Cl2N2O3S2. The van der Waals surface area contributed by atoms with E-state index < -0.39 is 10.0 Å². The van der Waals surface area contributed by atoms with E-state index in [0.29, 0.717) is 31.0 Å². The number of benzene rings is 1. The van der Waals surface area contributed by atoms with E-state index in [1.165, 1.54) is 16.4 Å². The zero-order valence-electron chi connectivity index (χ0n) is 15.8. The Morgan fingerprint density at radius 2 is 2.00 bits per heavy atom. The van der Waals surface area contributed by atoms with Gasteiger partial charge in [0.1, 0.15) is 4.90 Å². The van der Waals surface area contributed by atoms with E-state index in [2.05, 4.69) is 6.58 Å². The van der Waals surface area contributed by atoms with Crippen LogP contribution in [0.5, 0.6) is 0 Å². The van der Waals surface area contributed by atoms with Gasteiger partial charge in [-0.1, -0.05) is 35.3 Å². The highest BCUT2D eigenvalue weighted by Crippen LogP contribution is 2.31. The molecule has 1 aromatic carbocycles. The van der Waals surface area contributed by atoms with Crippen molar-refractivity contribution in [1.82, 2.24) is 9.21 Å². The quantitative estimate of drug-likeness (QED) is 0.550. The smallest absolute Gasteiger partial charge is 0.244 e. The fourth-order valence-corrected chi connectivity index (χ4v) is 6.32. The van der Waals surface area contributed by atoms with Crippen molar-refractivity contribution in [2.24, 2.45) is 5.92 Å². The predicted molar refractivity (Wildman–Crippen MR) is 118 cm³/mol. The van der Waals surface area contributed by atoms with Gasteiger partial charge in [-0.2, -0.15) is 4.31 Å². The van der Waals surface area contributed by atoms with Gasteiger partial charge >= 0.3 is 0 Å². The molecule has 29 heavy (non-hydrogen) atoms. The molecule has 156 valence electrons. The lowest BCUT2D eigenvalue weighted by atomic mass is 9.96. The first-order valence-corrected chi connectivity index (χ1v) is 12.3. The summed E-state index contributed by atoms with van der Waals surface area (Å²) < 4.78 is 27.3. The lowest BCUT2D eigenvalue weighted by Gasteiger charge is -2.33. The minimum absolute atomic E-state index is 0.00224. The topological polar surface area (TPSA) is 57.7 Å². The second-order valence-corrected chi connectivity index (χ2v) is 10.6. The molecule has 2 heterocycles. The highest BCUT2D eigenvalue weighted by molar-refractivity contribution is 7.89. The molecule has 0 unspecified atom stereocenters. The van der Waals surface area contributed by atoms with Crippen LogP contribution in [0.4, 0.5) is 0 Å². The van der Waals surface area contributed by atoms with Crippen molar-refractivity contribution in [3.63, 3.8) is 0 Å². The van der Waals surface area contributed by atoms with Crippen LogP contribution in [0, 0.1) is 5.92 Å². The molecule has 1 saturated heterocycles. The van der Waals surface area contributed by atoms with Gasteiger partial charge in [0.25, 0.3) is 0 Å². The molecule has 0 radical (unpaired) electrons. The van der Waals surface area contributed by atoms with Crippen molar-refractivity contribution >= 4 is 50.5 Å². The highest BCUT2D eigenvalue weighted by Gasteiger charge is 2.34. The van der Waals surface area contributed by atoms with Crippen LogP contribution in [0.25, 0.3) is 0 Å². The lowest BCUT2D eigenvalue weighted by Crippen LogP contribution is -2.44. The molecule has 1 fully saturated rings. The number of carbonyl (C=O) groups excluding carboxylic acids is 1. The average molecular weight is 473 g/mol. The number of nitrogens with zero attached hydrogens (tertiary/aromatic N) is 2. The zero-order chi connectivity index (χ0) is 21.0. The van der Waals surface area contributed by atoms with Gasteiger partial charge in [-0.05, 0) is 42.5 Å². The van der Waals surface area contributed by atoms with Crippen LogP contribution in [-0.4, -0.2) is 43.2 Å². The summed E-state index contributed by atoms with van der Waals surface area (Å²) in [6, 6.07) is 8.35. The van der Waals surface area contributed by atoms with Crippen molar-refractivity contribution in [2.45, 2.75) is 24.3 Å². The monoisotopic (exact) mass is 472 g/mol. The summed E-state index contributed by atoms with van der Waals surface area (Å²) in [5.41, 5.74) is 0. The van der Waals surface area contributed by atoms with E-state index >= 15 is 0 Å². The Morgan fingerprint density at radius 1 is 1.28 bits per heavy atom. The summed E-state index contributed by atoms with van der Waals surface area (Å²) in [4.78, 5) is 15.9. The first-order chi connectivity index (χ1) is 13.8. The number of hydrogen-bond acceptors (Lipinski definition) is 4. The first-order valence-electron chi connectivity index (χ1n) is 9.20. The molecule has 0 aliphatic carbocycles. The molecule has 1 aliphatic heterocycles. The summed E-state index contributed by atoms with van der Waals surface area (Å²) in [5.74, 6) is -0.174. The van der Waals surface area contributed by atoms with Crippen molar-refractivity contribution in [3.05, 3.63) is 63.3 Å². The van der Waals surface area contributed by atoms with Crippen molar-refractivity contribution in [2.75, 3.05) is 19.6 Å². The third kappa shape index (κ3) is 5.22. The van der Waals surface area contributed by atoms with Crippen LogP contribution in [0.2, 0.25) is 10.0 Å². The van der Waals surface area contributed by atoms with Gasteiger partial charge in [-0.15, -0.1) is 17.9 Å². The van der Waals surface area contributed by atoms with Gasteiger partial charge in [0.05, 0.1) is 11.6 Å². The summed E-state index contributed by atoms with van der Waals surface area (Å²) in [7, 11) is -3.76. The number of carbonyl (C=O) groups is 1. The van der Waals surface area contributed by atoms with Crippen molar-refractivity contribution in [3.8, 4) is 0 Å². The van der Waals surface area contributed by atoms with Crippen LogP contribution in [0.15, 0.2) is 53.3 Å². The summed E-state index contributed by atoms with van der Waals surface area (Å²) in [5, 5.41) is 2.43. The van der Waals surface area contributed by atoms with Gasteiger partial charge in [-0.25, -0.2) is 8.42 Å². The third-order valence-electron chi connectivity index (χ3n) is 4.90. The summed E-state index contributed by atoms with van der Waals surface area (Å²) >= 11 is 13.6. The maximum absolute atomic E-state index is 13.0. The maximum atomic E-state index is 13.0. The van der Waals surface area contributed by atoms with E-state index in [4.69, 9.17) is 23.2 Å². The first kappa shape index (κ1) is 22.3. The highest BCUT2D eigenvalue weighted by atomic mass is 35.5. The number of rotatable bonds is 7. The van der Waals surface area contributed by atoms with Gasteiger partial charge in [0, 0.05) is 35.5 Å². The Morgan fingerprint density at radius 3 is 2.62 bits per heavy atom. The number of piperidine rings is 1. The second kappa shape index (κ2) is 9.62. The fraction of sp³-hybridized carbons (Fsp3) is 0.350. The number of halogens is 2. The van der Waals surface area contributed by atoms with E-state index in [0.717, 1.165) is 4.88 Å². The van der Waals surface area contributed by atoms with E-state index in [-0.39, 0.29) is 34.8 Å². The normalized spacial score (nSPS) is 15.9. The molecule has 2 aromatic rings. The molecule has 1 amide bonds. The standard InChI is InChI=1S/C20H22Cl2N2O3S2/c1-2-9-23(14-17-4-3-12-28-17)20(25)15-7-10-24(11-8-15)29(26,27)19-13-16(21)5-6-18(19)22/h2-6,12-13,15H,1,7-11,14H2. The average Bonchev–Trinajstić information content (AvgIpc) is 3.22. The Labute approximate surface area is 185 Å². The van der Waals surface area contributed by atoms with Crippen LogP contribution < -0.4 is 0 Å². The second-order valence-electron chi connectivity index (χ2n) is 6.84. The van der Waals surface area contributed by atoms with Crippen molar-refractivity contribution < 1.29 is 13.2 Å². The fourth-order valence-electron chi connectivity index (χ4n) is 3.39. The molecule has 5 nitrogen and oxygen atoms in total. The Kier molecular flexibility index (Phi) is 7.40. The number of sulfonamides is 1. The Bertz CT molecular complexity index is 970. The number of hydrogen-bond donors (Lipinski definition) is 0. The van der Waals surface area contributed by atoms with Gasteiger partial charge in [0.15, 0.2) is 0 Å². The maximum Gasteiger partial charge on any atom is 0.244 e. The molecule has 0 N–H and O–H groups in total. The van der Waals surface area contributed by atoms with E-state index in [1.807, 2.05) is 17.5 Å². The SMILES string of the molecule is C=CCN(Cc1cccs1)C(=O)C1CCN(S(=O)(=O)c2cc(Cl)ccc2Cl)CC1. The van der Waals surface area contributed by atoms with Crippen LogP contribution in [0.1, 0.15) is 17.7 Å². The van der Waals surface area contributed by atoms with Gasteiger partial charge in [-0.3, -0.25) is 4.79 Å². The third-order valence-corrected chi connectivity index (χ3v) is 8.38.